The smallest absolute Gasteiger partial charge is 0.252 e. The van der Waals surface area contributed by atoms with Crippen molar-refractivity contribution >= 4 is 38.7 Å². The SMILES string of the molecule is CNS(=O)(=O)Nc1nc2ccccc2nc1Cl. The molecule has 0 aliphatic carbocycles. The first-order chi connectivity index (χ1) is 8.02. The van der Waals surface area contributed by atoms with E-state index < -0.39 is 10.2 Å². The van der Waals surface area contributed by atoms with Crippen LogP contribution < -0.4 is 9.44 Å². The fourth-order valence-electron chi connectivity index (χ4n) is 1.22. The van der Waals surface area contributed by atoms with Crippen LogP contribution in [0.3, 0.4) is 0 Å². The first-order valence-electron chi connectivity index (χ1n) is 4.65. The fourth-order valence-corrected chi connectivity index (χ4v) is 1.96. The average Bonchev–Trinajstić information content (AvgIpc) is 2.30. The van der Waals surface area contributed by atoms with E-state index >= 15 is 0 Å². The van der Waals surface area contributed by atoms with E-state index in [1.165, 1.54) is 7.05 Å². The molecule has 0 saturated heterocycles. The maximum absolute atomic E-state index is 11.3. The average molecular weight is 273 g/mol. The normalized spacial score (nSPS) is 11.6. The van der Waals surface area contributed by atoms with Crippen molar-refractivity contribution < 1.29 is 8.42 Å². The summed E-state index contributed by atoms with van der Waals surface area (Å²) in [5.74, 6) is -0.000262. The molecule has 0 atom stereocenters. The first kappa shape index (κ1) is 12.0. The van der Waals surface area contributed by atoms with Crippen LogP contribution in [0.15, 0.2) is 24.3 Å². The van der Waals surface area contributed by atoms with Gasteiger partial charge in [0.05, 0.1) is 11.0 Å². The summed E-state index contributed by atoms with van der Waals surface area (Å²) in [6.45, 7) is 0. The van der Waals surface area contributed by atoms with Gasteiger partial charge < -0.3 is 0 Å². The lowest BCUT2D eigenvalue weighted by molar-refractivity contribution is 0.593. The van der Waals surface area contributed by atoms with E-state index in [1.807, 2.05) is 0 Å². The Bertz CT molecular complexity index is 659. The number of para-hydroxylation sites is 2. The van der Waals surface area contributed by atoms with E-state index in [0.29, 0.717) is 11.0 Å². The zero-order valence-electron chi connectivity index (χ0n) is 8.81. The summed E-state index contributed by atoms with van der Waals surface area (Å²) in [6, 6.07) is 7.03. The van der Waals surface area contributed by atoms with Crippen LogP contribution in [0.5, 0.6) is 0 Å². The number of rotatable bonds is 3. The molecule has 2 N–H and O–H groups in total. The number of nitrogens with one attached hydrogen (secondary N) is 2. The van der Waals surface area contributed by atoms with Crippen LogP contribution in [-0.4, -0.2) is 25.4 Å². The van der Waals surface area contributed by atoms with Gasteiger partial charge in [-0.1, -0.05) is 23.7 Å². The Balaban J connectivity index is 2.52. The molecule has 0 saturated carbocycles. The molecule has 1 aromatic carbocycles. The highest BCUT2D eigenvalue weighted by Crippen LogP contribution is 2.21. The van der Waals surface area contributed by atoms with Gasteiger partial charge in [0.1, 0.15) is 0 Å². The first-order valence-corrected chi connectivity index (χ1v) is 6.51. The Morgan fingerprint density at radius 3 is 2.35 bits per heavy atom. The summed E-state index contributed by atoms with van der Waals surface area (Å²) in [5, 5.41) is 0.00234. The lowest BCUT2D eigenvalue weighted by Gasteiger charge is -2.07. The van der Waals surface area contributed by atoms with Crippen LogP contribution in [0.4, 0.5) is 5.82 Å². The fraction of sp³-hybridized carbons (Fsp3) is 0.111. The van der Waals surface area contributed by atoms with Crippen LogP contribution in [0, 0.1) is 0 Å². The summed E-state index contributed by atoms with van der Waals surface area (Å²) in [5.41, 5.74) is 1.16. The highest BCUT2D eigenvalue weighted by atomic mass is 35.5. The molecular weight excluding hydrogens is 264 g/mol. The van der Waals surface area contributed by atoms with Gasteiger partial charge in [-0.25, -0.2) is 14.7 Å². The number of aromatic nitrogens is 2. The molecular formula is C9H9ClN4O2S. The van der Waals surface area contributed by atoms with Crippen LogP contribution >= 0.6 is 11.6 Å². The number of nitrogens with zero attached hydrogens (tertiary/aromatic N) is 2. The third kappa shape index (κ3) is 2.63. The summed E-state index contributed by atoms with van der Waals surface area (Å²) in [7, 11) is -2.37. The van der Waals surface area contributed by atoms with Crippen molar-refractivity contribution in [3.05, 3.63) is 29.4 Å². The maximum Gasteiger partial charge on any atom is 0.300 e. The third-order valence-electron chi connectivity index (χ3n) is 2.03. The Morgan fingerprint density at radius 1 is 1.18 bits per heavy atom. The molecule has 1 aromatic heterocycles. The molecule has 0 aliphatic heterocycles. The van der Waals surface area contributed by atoms with Crippen molar-refractivity contribution in [2.75, 3.05) is 11.8 Å². The van der Waals surface area contributed by atoms with Gasteiger partial charge in [-0.3, -0.25) is 4.72 Å². The van der Waals surface area contributed by atoms with Gasteiger partial charge >= 0.3 is 0 Å². The van der Waals surface area contributed by atoms with Crippen molar-refractivity contribution in [3.8, 4) is 0 Å². The Morgan fingerprint density at radius 2 is 1.76 bits per heavy atom. The molecule has 0 spiro atoms. The second-order valence-electron chi connectivity index (χ2n) is 3.16. The van der Waals surface area contributed by atoms with Gasteiger partial charge in [0.15, 0.2) is 11.0 Å². The molecule has 0 aliphatic rings. The Labute approximate surface area is 103 Å². The molecule has 0 bridgehead atoms. The minimum absolute atomic E-state index is 0.000262. The molecule has 0 radical (unpaired) electrons. The van der Waals surface area contributed by atoms with E-state index in [-0.39, 0.29) is 11.0 Å². The summed E-state index contributed by atoms with van der Waals surface area (Å²) in [6.07, 6.45) is 0. The highest BCUT2D eigenvalue weighted by molar-refractivity contribution is 7.90. The number of benzene rings is 1. The van der Waals surface area contributed by atoms with E-state index in [1.54, 1.807) is 24.3 Å². The van der Waals surface area contributed by atoms with Gasteiger partial charge in [-0.05, 0) is 12.1 Å². The number of fused-ring (bicyclic) bond motifs is 1. The molecule has 2 rings (SSSR count). The van der Waals surface area contributed by atoms with Crippen LogP contribution in [0.25, 0.3) is 11.0 Å². The molecule has 8 heteroatoms. The summed E-state index contributed by atoms with van der Waals surface area (Å²) < 4.78 is 26.9. The molecule has 17 heavy (non-hydrogen) atoms. The lowest BCUT2D eigenvalue weighted by atomic mass is 10.3. The second-order valence-corrected chi connectivity index (χ2v) is 5.14. The second kappa shape index (κ2) is 4.44. The zero-order chi connectivity index (χ0) is 12.5. The summed E-state index contributed by atoms with van der Waals surface area (Å²) in [4.78, 5) is 8.13. The standard InChI is InChI=1S/C9H9ClN4O2S/c1-11-17(15,16)14-9-8(10)12-6-4-2-3-5-7(6)13-9/h2-5,11H,1H3,(H,13,14). The molecule has 0 amide bonds. The van der Waals surface area contributed by atoms with Crippen molar-refractivity contribution in [2.24, 2.45) is 0 Å². The number of anilines is 1. The maximum atomic E-state index is 11.3. The summed E-state index contributed by atoms with van der Waals surface area (Å²) >= 11 is 5.84. The molecule has 0 unspecified atom stereocenters. The molecule has 0 fully saturated rings. The molecule has 1 heterocycles. The Hall–Kier alpha value is -1.44. The van der Waals surface area contributed by atoms with Crippen molar-refractivity contribution in [1.29, 1.82) is 0 Å². The van der Waals surface area contributed by atoms with Gasteiger partial charge in [-0.15, -0.1) is 0 Å². The van der Waals surface area contributed by atoms with E-state index in [9.17, 15) is 8.42 Å². The van der Waals surface area contributed by atoms with Gasteiger partial charge in [0.2, 0.25) is 0 Å². The van der Waals surface area contributed by atoms with E-state index in [0.717, 1.165) is 0 Å². The zero-order valence-corrected chi connectivity index (χ0v) is 10.4. The van der Waals surface area contributed by atoms with Gasteiger partial charge in [0.25, 0.3) is 10.2 Å². The minimum atomic E-state index is -3.65. The van der Waals surface area contributed by atoms with Crippen LogP contribution in [0.2, 0.25) is 5.15 Å². The van der Waals surface area contributed by atoms with Crippen molar-refractivity contribution in [2.45, 2.75) is 0 Å². The molecule has 90 valence electrons. The van der Waals surface area contributed by atoms with Crippen LogP contribution in [-0.2, 0) is 10.2 Å². The largest absolute Gasteiger partial charge is 0.300 e. The highest BCUT2D eigenvalue weighted by Gasteiger charge is 2.12. The van der Waals surface area contributed by atoms with E-state index in [4.69, 9.17) is 11.6 Å². The monoisotopic (exact) mass is 272 g/mol. The van der Waals surface area contributed by atoms with Crippen molar-refractivity contribution in [1.82, 2.24) is 14.7 Å². The predicted molar refractivity (Wildman–Crippen MR) is 66.2 cm³/mol. The number of halogens is 1. The Kier molecular flexibility index (Phi) is 3.14. The topological polar surface area (TPSA) is 84.0 Å². The molecule has 6 nitrogen and oxygen atoms in total. The third-order valence-corrected chi connectivity index (χ3v) is 3.29. The van der Waals surface area contributed by atoms with Gasteiger partial charge in [0, 0.05) is 7.05 Å². The lowest BCUT2D eigenvalue weighted by Crippen LogP contribution is -2.27. The predicted octanol–water partition coefficient (Wildman–Crippen LogP) is 1.16. The minimum Gasteiger partial charge on any atom is -0.252 e. The number of hydrogen-bond donors (Lipinski definition) is 2. The van der Waals surface area contributed by atoms with Crippen molar-refractivity contribution in [3.63, 3.8) is 0 Å². The van der Waals surface area contributed by atoms with Crippen LogP contribution in [0.1, 0.15) is 0 Å². The van der Waals surface area contributed by atoms with Gasteiger partial charge in [-0.2, -0.15) is 8.42 Å². The number of hydrogen-bond acceptors (Lipinski definition) is 4. The van der Waals surface area contributed by atoms with E-state index in [2.05, 4.69) is 19.4 Å². The quantitative estimate of drug-likeness (QED) is 0.878. The molecule has 2 aromatic rings.